The van der Waals surface area contributed by atoms with Crippen molar-refractivity contribution < 1.29 is 4.79 Å². The molecule has 0 unspecified atom stereocenters. The number of rotatable bonds is 2. The van der Waals surface area contributed by atoms with Gasteiger partial charge in [-0.3, -0.25) is 9.89 Å². The third-order valence-electron chi connectivity index (χ3n) is 1.32. The molecule has 4 heteroatoms. The summed E-state index contributed by atoms with van der Waals surface area (Å²) in [7, 11) is 0. The van der Waals surface area contributed by atoms with Gasteiger partial charge in [0.25, 0.3) is 0 Å². The molecule has 0 radical (unpaired) electrons. The van der Waals surface area contributed by atoms with Crippen LogP contribution in [0.15, 0.2) is 6.20 Å². The molecule has 0 amide bonds. The first kappa shape index (κ1) is 6.95. The molecule has 0 aliphatic heterocycles. The Kier molecular flexibility index (Phi) is 1.82. The van der Waals surface area contributed by atoms with Crippen molar-refractivity contribution in [2.45, 2.75) is 6.92 Å². The van der Waals surface area contributed by atoms with Gasteiger partial charge in [-0.1, -0.05) is 0 Å². The molecule has 10 heavy (non-hydrogen) atoms. The van der Waals surface area contributed by atoms with E-state index in [0.717, 1.165) is 5.69 Å². The van der Waals surface area contributed by atoms with Gasteiger partial charge in [-0.2, -0.15) is 5.10 Å². The highest BCUT2D eigenvalue weighted by molar-refractivity contribution is 5.98. The first-order valence-corrected chi connectivity index (χ1v) is 2.99. The Hall–Kier alpha value is -1.16. The lowest BCUT2D eigenvalue weighted by Crippen LogP contribution is -2.13. The van der Waals surface area contributed by atoms with Crippen molar-refractivity contribution in [3.05, 3.63) is 17.5 Å². The molecule has 0 aliphatic carbocycles. The summed E-state index contributed by atoms with van der Waals surface area (Å²) in [4.78, 5) is 10.9. The lowest BCUT2D eigenvalue weighted by atomic mass is 10.2. The van der Waals surface area contributed by atoms with Gasteiger partial charge < -0.3 is 5.73 Å². The molecule has 1 heterocycles. The van der Waals surface area contributed by atoms with Crippen LogP contribution in [-0.4, -0.2) is 22.5 Å². The molecule has 1 aromatic rings. The van der Waals surface area contributed by atoms with E-state index in [-0.39, 0.29) is 12.3 Å². The highest BCUT2D eigenvalue weighted by Crippen LogP contribution is 2.01. The van der Waals surface area contributed by atoms with Crippen molar-refractivity contribution in [1.82, 2.24) is 10.2 Å². The molecule has 1 rings (SSSR count). The Morgan fingerprint density at radius 1 is 1.90 bits per heavy atom. The summed E-state index contributed by atoms with van der Waals surface area (Å²) in [6.07, 6.45) is 1.49. The molecular formula is C6H9N3O. The number of Topliss-reactive ketones (excluding diaryl/α,β-unsaturated/α-hetero) is 1. The van der Waals surface area contributed by atoms with Gasteiger partial charge in [0.05, 0.1) is 18.3 Å². The number of aromatic amines is 1. The molecule has 54 valence electrons. The van der Waals surface area contributed by atoms with Crippen LogP contribution in [0, 0.1) is 6.92 Å². The van der Waals surface area contributed by atoms with E-state index < -0.39 is 0 Å². The molecule has 0 fully saturated rings. The van der Waals surface area contributed by atoms with E-state index in [2.05, 4.69) is 10.2 Å². The van der Waals surface area contributed by atoms with Crippen LogP contribution in [0.3, 0.4) is 0 Å². The Bertz CT molecular complexity index is 241. The normalized spacial score (nSPS) is 9.80. The fourth-order valence-electron chi connectivity index (χ4n) is 0.742. The van der Waals surface area contributed by atoms with Crippen LogP contribution in [0.2, 0.25) is 0 Å². The molecule has 0 saturated heterocycles. The lowest BCUT2D eigenvalue weighted by molar-refractivity contribution is 0.100. The molecule has 4 nitrogen and oxygen atoms in total. The first-order valence-electron chi connectivity index (χ1n) is 2.99. The second kappa shape index (κ2) is 2.62. The van der Waals surface area contributed by atoms with Crippen LogP contribution in [0.25, 0.3) is 0 Å². The van der Waals surface area contributed by atoms with Crippen LogP contribution in [0.5, 0.6) is 0 Å². The third kappa shape index (κ3) is 1.06. The molecule has 0 aliphatic rings. The van der Waals surface area contributed by atoms with Gasteiger partial charge in [-0.15, -0.1) is 0 Å². The van der Waals surface area contributed by atoms with Gasteiger partial charge in [0.2, 0.25) is 0 Å². The Balaban J connectivity index is 2.93. The molecular weight excluding hydrogens is 130 g/mol. The van der Waals surface area contributed by atoms with Gasteiger partial charge in [0.15, 0.2) is 5.78 Å². The average molecular weight is 139 g/mol. The van der Waals surface area contributed by atoms with Crippen LogP contribution < -0.4 is 5.73 Å². The summed E-state index contributed by atoms with van der Waals surface area (Å²) in [6, 6.07) is 0. The zero-order chi connectivity index (χ0) is 7.56. The van der Waals surface area contributed by atoms with Crippen molar-refractivity contribution in [1.29, 1.82) is 0 Å². The highest BCUT2D eigenvalue weighted by atomic mass is 16.1. The van der Waals surface area contributed by atoms with Crippen molar-refractivity contribution in [3.63, 3.8) is 0 Å². The Morgan fingerprint density at radius 3 is 3.00 bits per heavy atom. The number of hydrogen-bond donors (Lipinski definition) is 2. The highest BCUT2D eigenvalue weighted by Gasteiger charge is 2.07. The largest absolute Gasteiger partial charge is 0.324 e. The van der Waals surface area contributed by atoms with Crippen molar-refractivity contribution in [3.8, 4) is 0 Å². The molecule has 0 saturated carbocycles. The zero-order valence-corrected chi connectivity index (χ0v) is 5.72. The number of nitrogens with one attached hydrogen (secondary N) is 1. The molecule has 0 atom stereocenters. The predicted octanol–water partition coefficient (Wildman–Crippen LogP) is -0.140. The quantitative estimate of drug-likeness (QED) is 0.560. The second-order valence-electron chi connectivity index (χ2n) is 2.04. The summed E-state index contributed by atoms with van der Waals surface area (Å²) in [5.74, 6) is -0.0775. The van der Waals surface area contributed by atoms with E-state index in [1.165, 1.54) is 6.20 Å². The summed E-state index contributed by atoms with van der Waals surface area (Å²) in [5, 5.41) is 6.35. The number of aryl methyl sites for hydroxylation is 1. The number of nitrogens with zero attached hydrogens (tertiary/aromatic N) is 1. The summed E-state index contributed by atoms with van der Waals surface area (Å²) >= 11 is 0. The summed E-state index contributed by atoms with van der Waals surface area (Å²) in [6.45, 7) is 1.83. The minimum absolute atomic E-state index is 0.0420. The first-order chi connectivity index (χ1) is 4.75. The third-order valence-corrected chi connectivity index (χ3v) is 1.32. The fraction of sp³-hybridized carbons (Fsp3) is 0.333. The van der Waals surface area contributed by atoms with Gasteiger partial charge >= 0.3 is 0 Å². The van der Waals surface area contributed by atoms with E-state index in [0.29, 0.717) is 5.56 Å². The van der Waals surface area contributed by atoms with E-state index >= 15 is 0 Å². The Morgan fingerprint density at radius 2 is 2.60 bits per heavy atom. The number of nitrogens with two attached hydrogens (primary N) is 1. The van der Waals surface area contributed by atoms with Crippen molar-refractivity contribution in [2.75, 3.05) is 6.54 Å². The number of aromatic nitrogens is 2. The van der Waals surface area contributed by atoms with Crippen LogP contribution in [0.4, 0.5) is 0 Å². The zero-order valence-electron chi connectivity index (χ0n) is 5.72. The Labute approximate surface area is 58.4 Å². The van der Waals surface area contributed by atoms with Crippen LogP contribution in [-0.2, 0) is 0 Å². The smallest absolute Gasteiger partial charge is 0.179 e. The maximum atomic E-state index is 10.9. The number of carbonyl (C=O) groups excluding carboxylic acids is 1. The lowest BCUT2D eigenvalue weighted by Gasteiger charge is -1.91. The second-order valence-corrected chi connectivity index (χ2v) is 2.04. The predicted molar refractivity (Wildman–Crippen MR) is 36.7 cm³/mol. The van der Waals surface area contributed by atoms with Gasteiger partial charge in [0.1, 0.15) is 0 Å². The summed E-state index contributed by atoms with van der Waals surface area (Å²) in [5.41, 5.74) is 6.50. The molecule has 3 N–H and O–H groups in total. The van der Waals surface area contributed by atoms with E-state index in [4.69, 9.17) is 5.73 Å². The van der Waals surface area contributed by atoms with Crippen molar-refractivity contribution in [2.24, 2.45) is 5.73 Å². The van der Waals surface area contributed by atoms with E-state index in [1.54, 1.807) is 6.92 Å². The SMILES string of the molecule is Cc1[nH]ncc1C(=O)CN. The van der Waals surface area contributed by atoms with Crippen LogP contribution >= 0.6 is 0 Å². The molecule has 0 spiro atoms. The monoisotopic (exact) mass is 139 g/mol. The average Bonchev–Trinajstić information content (AvgIpc) is 2.34. The standard InChI is InChI=1S/C6H9N3O/c1-4-5(3-8-9-4)6(10)2-7/h3H,2,7H2,1H3,(H,8,9). The van der Waals surface area contributed by atoms with Gasteiger partial charge in [-0.25, -0.2) is 0 Å². The van der Waals surface area contributed by atoms with Crippen molar-refractivity contribution >= 4 is 5.78 Å². The number of carbonyl (C=O) groups is 1. The minimum atomic E-state index is -0.0775. The topological polar surface area (TPSA) is 71.8 Å². The fourth-order valence-corrected chi connectivity index (χ4v) is 0.742. The van der Waals surface area contributed by atoms with Crippen LogP contribution in [0.1, 0.15) is 16.1 Å². The number of ketones is 1. The van der Waals surface area contributed by atoms with E-state index in [9.17, 15) is 4.79 Å². The molecule has 0 bridgehead atoms. The summed E-state index contributed by atoms with van der Waals surface area (Å²) < 4.78 is 0. The van der Waals surface area contributed by atoms with E-state index in [1.807, 2.05) is 0 Å². The maximum absolute atomic E-state index is 10.9. The molecule has 0 aromatic carbocycles. The number of hydrogen-bond acceptors (Lipinski definition) is 3. The van der Waals surface area contributed by atoms with Gasteiger partial charge in [0, 0.05) is 5.69 Å². The molecule has 1 aromatic heterocycles. The minimum Gasteiger partial charge on any atom is -0.324 e. The number of H-pyrrole nitrogens is 1. The maximum Gasteiger partial charge on any atom is 0.179 e. The van der Waals surface area contributed by atoms with Gasteiger partial charge in [-0.05, 0) is 6.92 Å².